The molecule has 0 radical (unpaired) electrons. The molecule has 0 saturated heterocycles. The first-order chi connectivity index (χ1) is 13.1. The molecule has 1 aliphatic heterocycles. The summed E-state index contributed by atoms with van der Waals surface area (Å²) in [5.41, 5.74) is 3.73. The van der Waals surface area contributed by atoms with Crippen molar-refractivity contribution in [1.29, 1.82) is 0 Å². The first-order valence-electron chi connectivity index (χ1n) is 9.18. The molecule has 0 spiro atoms. The summed E-state index contributed by atoms with van der Waals surface area (Å²) in [7, 11) is 0. The molecule has 0 aromatic heterocycles. The molecule has 27 heavy (non-hydrogen) atoms. The standard InChI is InChI=1S/C21H21N3O3/c25-19(22-16-10-9-14-5-1-2-6-15(14)16)11-12-21(27)24-13-20(26)23-17-7-3-4-8-18(17)24/h1-8,16H,9-13H2,(H,22,25)(H,23,26). The van der Waals surface area contributed by atoms with E-state index in [0.29, 0.717) is 11.4 Å². The molecule has 1 atom stereocenters. The van der Waals surface area contributed by atoms with Gasteiger partial charge in [0.25, 0.3) is 0 Å². The first kappa shape index (κ1) is 17.3. The van der Waals surface area contributed by atoms with Gasteiger partial charge in [0.15, 0.2) is 0 Å². The Morgan fingerprint density at radius 2 is 1.85 bits per heavy atom. The summed E-state index contributed by atoms with van der Waals surface area (Å²) in [6.45, 7) is -0.0204. The second-order valence-corrected chi connectivity index (χ2v) is 6.90. The number of para-hydroxylation sites is 2. The number of hydrogen-bond donors (Lipinski definition) is 2. The number of carbonyl (C=O) groups excluding carboxylic acids is 3. The molecule has 138 valence electrons. The van der Waals surface area contributed by atoms with Gasteiger partial charge in [-0.3, -0.25) is 14.4 Å². The van der Waals surface area contributed by atoms with E-state index in [0.717, 1.165) is 12.8 Å². The van der Waals surface area contributed by atoms with Gasteiger partial charge < -0.3 is 15.5 Å². The maximum absolute atomic E-state index is 12.6. The van der Waals surface area contributed by atoms with Gasteiger partial charge in [-0.15, -0.1) is 0 Å². The van der Waals surface area contributed by atoms with E-state index in [1.54, 1.807) is 18.2 Å². The minimum absolute atomic E-state index is 0.0188. The van der Waals surface area contributed by atoms with E-state index in [-0.39, 0.29) is 43.1 Å². The highest BCUT2D eigenvalue weighted by molar-refractivity contribution is 6.10. The zero-order valence-electron chi connectivity index (χ0n) is 14.9. The summed E-state index contributed by atoms with van der Waals surface area (Å²) in [6, 6.07) is 15.3. The predicted octanol–water partition coefficient (Wildman–Crippen LogP) is 2.56. The van der Waals surface area contributed by atoms with Crippen molar-refractivity contribution in [3.05, 3.63) is 59.7 Å². The lowest BCUT2D eigenvalue weighted by Crippen LogP contribution is -2.42. The normalized spacial score (nSPS) is 17.7. The van der Waals surface area contributed by atoms with Crippen LogP contribution in [0.3, 0.4) is 0 Å². The average molecular weight is 363 g/mol. The Bertz CT molecular complexity index is 909. The van der Waals surface area contributed by atoms with Gasteiger partial charge in [-0.05, 0) is 36.1 Å². The Hall–Kier alpha value is -3.15. The fourth-order valence-electron chi connectivity index (χ4n) is 3.78. The van der Waals surface area contributed by atoms with E-state index in [1.165, 1.54) is 16.0 Å². The highest BCUT2D eigenvalue weighted by Crippen LogP contribution is 2.31. The van der Waals surface area contributed by atoms with Crippen LogP contribution in [0.5, 0.6) is 0 Å². The molecular weight excluding hydrogens is 342 g/mol. The maximum Gasteiger partial charge on any atom is 0.244 e. The van der Waals surface area contributed by atoms with Crippen LogP contribution in [0.4, 0.5) is 11.4 Å². The highest BCUT2D eigenvalue weighted by Gasteiger charge is 2.27. The fourth-order valence-corrected chi connectivity index (χ4v) is 3.78. The topological polar surface area (TPSA) is 78.5 Å². The van der Waals surface area contributed by atoms with E-state index in [1.807, 2.05) is 24.3 Å². The quantitative estimate of drug-likeness (QED) is 0.876. The number of anilines is 2. The third-order valence-corrected chi connectivity index (χ3v) is 5.11. The van der Waals surface area contributed by atoms with Crippen molar-refractivity contribution < 1.29 is 14.4 Å². The van der Waals surface area contributed by atoms with E-state index in [4.69, 9.17) is 0 Å². The zero-order valence-corrected chi connectivity index (χ0v) is 14.9. The molecule has 0 saturated carbocycles. The number of hydrogen-bond acceptors (Lipinski definition) is 3. The van der Waals surface area contributed by atoms with Gasteiger partial charge >= 0.3 is 0 Å². The number of aryl methyl sites for hydroxylation is 1. The number of carbonyl (C=O) groups is 3. The molecule has 4 rings (SSSR count). The molecule has 2 aliphatic rings. The van der Waals surface area contributed by atoms with Crippen molar-refractivity contribution in [3.8, 4) is 0 Å². The predicted molar refractivity (Wildman–Crippen MR) is 102 cm³/mol. The van der Waals surface area contributed by atoms with Crippen LogP contribution in [-0.4, -0.2) is 24.3 Å². The molecule has 2 N–H and O–H groups in total. The Kier molecular flexibility index (Phi) is 4.62. The van der Waals surface area contributed by atoms with Crippen LogP contribution in [0.2, 0.25) is 0 Å². The van der Waals surface area contributed by atoms with Crippen LogP contribution >= 0.6 is 0 Å². The Balaban J connectivity index is 1.36. The maximum atomic E-state index is 12.6. The largest absolute Gasteiger partial charge is 0.349 e. The fraction of sp³-hybridized carbons (Fsp3) is 0.286. The Morgan fingerprint density at radius 3 is 2.74 bits per heavy atom. The Morgan fingerprint density at radius 1 is 1.07 bits per heavy atom. The van der Waals surface area contributed by atoms with Crippen LogP contribution in [0.15, 0.2) is 48.5 Å². The molecule has 1 unspecified atom stereocenters. The smallest absolute Gasteiger partial charge is 0.244 e. The van der Waals surface area contributed by atoms with Crippen molar-refractivity contribution >= 4 is 29.1 Å². The van der Waals surface area contributed by atoms with E-state index in [9.17, 15) is 14.4 Å². The van der Waals surface area contributed by atoms with Crippen LogP contribution in [0.25, 0.3) is 0 Å². The summed E-state index contributed by atoms with van der Waals surface area (Å²) >= 11 is 0. The van der Waals surface area contributed by atoms with Gasteiger partial charge in [0.2, 0.25) is 17.7 Å². The summed E-state index contributed by atoms with van der Waals surface area (Å²) < 4.78 is 0. The lowest BCUT2D eigenvalue weighted by molar-refractivity contribution is -0.126. The van der Waals surface area contributed by atoms with Gasteiger partial charge in [-0.1, -0.05) is 36.4 Å². The minimum atomic E-state index is -0.228. The van der Waals surface area contributed by atoms with Crippen LogP contribution < -0.4 is 15.5 Å². The van der Waals surface area contributed by atoms with Gasteiger partial charge in [0.1, 0.15) is 6.54 Å². The summed E-state index contributed by atoms with van der Waals surface area (Å²) in [5, 5.41) is 5.79. The molecule has 6 heteroatoms. The van der Waals surface area contributed by atoms with E-state index < -0.39 is 0 Å². The molecule has 1 aliphatic carbocycles. The van der Waals surface area contributed by atoms with Crippen molar-refractivity contribution in [2.75, 3.05) is 16.8 Å². The number of nitrogens with one attached hydrogen (secondary N) is 2. The minimum Gasteiger partial charge on any atom is -0.349 e. The summed E-state index contributed by atoms with van der Waals surface area (Å²) in [5.74, 6) is -0.590. The second-order valence-electron chi connectivity index (χ2n) is 6.90. The molecule has 2 aromatic carbocycles. The average Bonchev–Trinajstić information content (AvgIpc) is 3.08. The first-order valence-corrected chi connectivity index (χ1v) is 9.18. The zero-order chi connectivity index (χ0) is 18.8. The van der Waals surface area contributed by atoms with E-state index in [2.05, 4.69) is 16.7 Å². The molecule has 1 heterocycles. The van der Waals surface area contributed by atoms with Gasteiger partial charge in [-0.2, -0.15) is 0 Å². The van der Waals surface area contributed by atoms with Crippen molar-refractivity contribution in [2.45, 2.75) is 31.7 Å². The number of benzene rings is 2. The number of nitrogens with zero attached hydrogens (tertiary/aromatic N) is 1. The van der Waals surface area contributed by atoms with Crippen LogP contribution in [0, 0.1) is 0 Å². The van der Waals surface area contributed by atoms with Crippen molar-refractivity contribution in [1.82, 2.24) is 5.32 Å². The number of amides is 3. The molecule has 6 nitrogen and oxygen atoms in total. The number of fused-ring (bicyclic) bond motifs is 2. The third kappa shape index (κ3) is 3.56. The van der Waals surface area contributed by atoms with E-state index >= 15 is 0 Å². The Labute approximate surface area is 157 Å². The van der Waals surface area contributed by atoms with Crippen molar-refractivity contribution in [3.63, 3.8) is 0 Å². The molecule has 2 aromatic rings. The van der Waals surface area contributed by atoms with Crippen LogP contribution in [-0.2, 0) is 20.8 Å². The SMILES string of the molecule is O=C1CN(C(=O)CCC(=O)NC2CCc3ccccc32)c2ccccc2N1. The highest BCUT2D eigenvalue weighted by atomic mass is 16.2. The second kappa shape index (κ2) is 7.23. The summed E-state index contributed by atoms with van der Waals surface area (Å²) in [6.07, 6.45) is 2.03. The van der Waals surface area contributed by atoms with Crippen LogP contribution in [0.1, 0.15) is 36.4 Å². The lowest BCUT2D eigenvalue weighted by atomic mass is 10.1. The molecule has 3 amide bonds. The number of rotatable bonds is 4. The molecule has 0 bridgehead atoms. The monoisotopic (exact) mass is 363 g/mol. The van der Waals surface area contributed by atoms with Gasteiger partial charge in [-0.25, -0.2) is 0 Å². The lowest BCUT2D eigenvalue weighted by Gasteiger charge is -2.29. The third-order valence-electron chi connectivity index (χ3n) is 5.11. The van der Waals surface area contributed by atoms with Crippen molar-refractivity contribution in [2.24, 2.45) is 0 Å². The van der Waals surface area contributed by atoms with Gasteiger partial charge in [0, 0.05) is 12.8 Å². The summed E-state index contributed by atoms with van der Waals surface area (Å²) in [4.78, 5) is 38.2. The van der Waals surface area contributed by atoms with Gasteiger partial charge in [0.05, 0.1) is 17.4 Å². The molecular formula is C21H21N3O3. The molecule has 0 fully saturated rings.